The normalized spacial score (nSPS) is 12.3. The van der Waals surface area contributed by atoms with Gasteiger partial charge in [-0.3, -0.25) is 0 Å². The molecule has 0 spiro atoms. The fourth-order valence-electron chi connectivity index (χ4n) is 0.409. The Morgan fingerprint density at radius 2 is 2.22 bits per heavy atom. The molecular weight excluding hydrogens is 140 g/mol. The maximum atomic E-state index is 8.28. The molecule has 0 aliphatic heterocycles. The van der Waals surface area contributed by atoms with Crippen molar-refractivity contribution in [1.82, 2.24) is 5.32 Å². The first-order valence-electron chi connectivity index (χ1n) is 2.84. The minimum Gasteiger partial charge on any atom is -0.395 e. The molecule has 0 aromatic heterocycles. The Kier molecular flexibility index (Phi) is 10.8. The maximum Gasteiger partial charge on any atom is 0.0555 e. The van der Waals surface area contributed by atoms with Crippen LogP contribution in [0.25, 0.3) is 0 Å². The summed E-state index contributed by atoms with van der Waals surface area (Å²) in [6.07, 6.45) is 0. The van der Waals surface area contributed by atoms with Gasteiger partial charge in [-0.15, -0.1) is 12.4 Å². The third-order valence-electron chi connectivity index (χ3n) is 0.755. The molecule has 1 unspecified atom stereocenters. The van der Waals surface area contributed by atoms with E-state index in [1.807, 2.05) is 6.92 Å². The fraction of sp³-hybridized carbons (Fsp3) is 1.00. The van der Waals surface area contributed by atoms with Gasteiger partial charge in [0.2, 0.25) is 0 Å². The van der Waals surface area contributed by atoms with Crippen molar-refractivity contribution < 1.29 is 5.11 Å². The second kappa shape index (κ2) is 8.17. The van der Waals surface area contributed by atoms with Gasteiger partial charge in [-0.2, -0.15) is 0 Å². The predicted octanol–water partition coefficient (Wildman–Crippen LogP) is -0.663. The van der Waals surface area contributed by atoms with Gasteiger partial charge in [-0.05, 0) is 6.92 Å². The van der Waals surface area contributed by atoms with Gasteiger partial charge in [0.25, 0.3) is 0 Å². The lowest BCUT2D eigenvalue weighted by molar-refractivity contribution is 0.291. The van der Waals surface area contributed by atoms with Gasteiger partial charge in [0.1, 0.15) is 0 Å². The van der Waals surface area contributed by atoms with E-state index in [1.165, 1.54) is 0 Å². The molecule has 0 aliphatic carbocycles. The van der Waals surface area contributed by atoms with Crippen LogP contribution in [-0.2, 0) is 0 Å². The lowest BCUT2D eigenvalue weighted by Gasteiger charge is -2.03. The molecular formula is C5H15ClN2O. The number of nitrogens with one attached hydrogen (secondary N) is 1. The summed E-state index contributed by atoms with van der Waals surface area (Å²) in [5.74, 6) is 0. The Morgan fingerprint density at radius 3 is 2.56 bits per heavy atom. The highest BCUT2D eigenvalue weighted by atomic mass is 35.5. The van der Waals surface area contributed by atoms with Crippen molar-refractivity contribution in [2.75, 3.05) is 19.7 Å². The molecule has 0 aromatic carbocycles. The summed E-state index contributed by atoms with van der Waals surface area (Å²) in [5, 5.41) is 11.2. The zero-order valence-corrected chi connectivity index (χ0v) is 6.45. The summed E-state index contributed by atoms with van der Waals surface area (Å²) in [5.41, 5.74) is 5.39. The Bertz CT molecular complexity index is 52.2. The van der Waals surface area contributed by atoms with Crippen LogP contribution in [0.1, 0.15) is 6.92 Å². The molecule has 0 saturated heterocycles. The quantitative estimate of drug-likeness (QED) is 0.471. The molecule has 0 saturated carbocycles. The third kappa shape index (κ3) is 11.6. The average molecular weight is 155 g/mol. The molecule has 0 aliphatic rings. The van der Waals surface area contributed by atoms with Crippen LogP contribution in [0.15, 0.2) is 0 Å². The first kappa shape index (κ1) is 11.9. The first-order chi connectivity index (χ1) is 3.77. The Balaban J connectivity index is 0. The smallest absolute Gasteiger partial charge is 0.0555 e. The summed E-state index contributed by atoms with van der Waals surface area (Å²) in [4.78, 5) is 0. The standard InChI is InChI=1S/C5H14N2O.ClH/c1-5(6)4-7-2-3-8;/h5,7-8H,2-4,6H2,1H3;1H. The molecule has 3 nitrogen and oxygen atoms in total. The van der Waals surface area contributed by atoms with E-state index in [4.69, 9.17) is 10.8 Å². The predicted molar refractivity (Wildman–Crippen MR) is 40.9 cm³/mol. The SMILES string of the molecule is CC(N)CNCCO.Cl. The average Bonchev–Trinajstić information content (AvgIpc) is 1.66. The Morgan fingerprint density at radius 1 is 1.67 bits per heavy atom. The summed E-state index contributed by atoms with van der Waals surface area (Å²) in [6.45, 7) is 3.53. The molecule has 0 aromatic rings. The molecule has 0 bridgehead atoms. The van der Waals surface area contributed by atoms with Gasteiger partial charge in [-0.25, -0.2) is 0 Å². The maximum absolute atomic E-state index is 8.28. The number of aliphatic hydroxyl groups is 1. The second-order valence-electron chi connectivity index (χ2n) is 1.91. The van der Waals surface area contributed by atoms with Crippen molar-refractivity contribution in [2.45, 2.75) is 13.0 Å². The van der Waals surface area contributed by atoms with E-state index >= 15 is 0 Å². The van der Waals surface area contributed by atoms with Crippen LogP contribution in [0.3, 0.4) is 0 Å². The lowest BCUT2D eigenvalue weighted by Crippen LogP contribution is -2.32. The van der Waals surface area contributed by atoms with E-state index in [-0.39, 0.29) is 25.1 Å². The van der Waals surface area contributed by atoms with Gasteiger partial charge < -0.3 is 16.2 Å². The number of halogens is 1. The number of hydrogen-bond donors (Lipinski definition) is 3. The van der Waals surface area contributed by atoms with Gasteiger partial charge in [0, 0.05) is 19.1 Å². The zero-order valence-electron chi connectivity index (χ0n) is 5.63. The van der Waals surface area contributed by atoms with Crippen molar-refractivity contribution >= 4 is 12.4 Å². The van der Waals surface area contributed by atoms with Crippen LogP contribution >= 0.6 is 12.4 Å². The lowest BCUT2D eigenvalue weighted by atomic mass is 10.4. The molecule has 1 atom stereocenters. The topological polar surface area (TPSA) is 58.3 Å². The summed E-state index contributed by atoms with van der Waals surface area (Å²) in [6, 6.07) is 0.182. The van der Waals surface area contributed by atoms with Crippen molar-refractivity contribution in [3.8, 4) is 0 Å². The molecule has 0 heterocycles. The summed E-state index contributed by atoms with van der Waals surface area (Å²) in [7, 11) is 0. The number of hydrogen-bond acceptors (Lipinski definition) is 3. The number of aliphatic hydroxyl groups excluding tert-OH is 1. The van der Waals surface area contributed by atoms with E-state index in [9.17, 15) is 0 Å². The monoisotopic (exact) mass is 154 g/mol. The Labute approximate surface area is 62.0 Å². The van der Waals surface area contributed by atoms with Crippen molar-refractivity contribution in [1.29, 1.82) is 0 Å². The van der Waals surface area contributed by atoms with Crippen LogP contribution < -0.4 is 11.1 Å². The summed E-state index contributed by atoms with van der Waals surface area (Å²) >= 11 is 0. The van der Waals surface area contributed by atoms with Crippen LogP contribution in [-0.4, -0.2) is 30.8 Å². The molecule has 9 heavy (non-hydrogen) atoms. The zero-order chi connectivity index (χ0) is 6.41. The molecule has 0 fully saturated rings. The van der Waals surface area contributed by atoms with Crippen LogP contribution in [0.4, 0.5) is 0 Å². The summed E-state index contributed by atoms with van der Waals surface area (Å²) < 4.78 is 0. The highest BCUT2D eigenvalue weighted by molar-refractivity contribution is 5.85. The fourth-order valence-corrected chi connectivity index (χ4v) is 0.409. The van der Waals surface area contributed by atoms with Gasteiger partial charge in [0.15, 0.2) is 0 Å². The van der Waals surface area contributed by atoms with E-state index in [1.54, 1.807) is 0 Å². The number of rotatable bonds is 4. The Hall–Kier alpha value is 0.170. The van der Waals surface area contributed by atoms with Crippen LogP contribution in [0.2, 0.25) is 0 Å². The van der Waals surface area contributed by atoms with E-state index in [0.29, 0.717) is 6.54 Å². The molecule has 58 valence electrons. The first-order valence-corrected chi connectivity index (χ1v) is 2.84. The van der Waals surface area contributed by atoms with Gasteiger partial charge in [0.05, 0.1) is 6.61 Å². The minimum absolute atomic E-state index is 0. The molecule has 0 rings (SSSR count). The van der Waals surface area contributed by atoms with E-state index < -0.39 is 0 Å². The highest BCUT2D eigenvalue weighted by Crippen LogP contribution is 1.67. The molecule has 0 radical (unpaired) electrons. The highest BCUT2D eigenvalue weighted by Gasteiger charge is 1.89. The molecule has 4 heteroatoms. The third-order valence-corrected chi connectivity index (χ3v) is 0.755. The number of nitrogens with two attached hydrogens (primary N) is 1. The van der Waals surface area contributed by atoms with Crippen molar-refractivity contribution in [2.24, 2.45) is 5.73 Å². The van der Waals surface area contributed by atoms with E-state index in [2.05, 4.69) is 5.32 Å². The van der Waals surface area contributed by atoms with E-state index in [0.717, 1.165) is 6.54 Å². The van der Waals surface area contributed by atoms with Crippen LogP contribution in [0, 0.1) is 0 Å². The van der Waals surface area contributed by atoms with Crippen molar-refractivity contribution in [3.63, 3.8) is 0 Å². The molecule has 0 amide bonds. The van der Waals surface area contributed by atoms with Gasteiger partial charge in [-0.1, -0.05) is 0 Å². The minimum atomic E-state index is 0. The van der Waals surface area contributed by atoms with Crippen molar-refractivity contribution in [3.05, 3.63) is 0 Å². The van der Waals surface area contributed by atoms with Gasteiger partial charge >= 0.3 is 0 Å². The van der Waals surface area contributed by atoms with Crippen LogP contribution in [0.5, 0.6) is 0 Å². The second-order valence-corrected chi connectivity index (χ2v) is 1.91. The molecule has 4 N–H and O–H groups in total. The largest absolute Gasteiger partial charge is 0.395 e.